The molecule has 1 aliphatic heterocycles. The van der Waals surface area contributed by atoms with Crippen molar-refractivity contribution in [3.8, 4) is 5.82 Å². The van der Waals surface area contributed by atoms with Crippen LogP contribution in [0.2, 0.25) is 0 Å². The smallest absolute Gasteiger partial charge is 0.235 e. The van der Waals surface area contributed by atoms with E-state index in [1.807, 2.05) is 48.8 Å². The molecule has 2 N–H and O–H groups in total. The number of aliphatic hydroxyl groups excluding tert-OH is 1. The number of nitrogens with zero attached hydrogens (tertiary/aromatic N) is 4. The van der Waals surface area contributed by atoms with Gasteiger partial charge < -0.3 is 5.11 Å². The first-order valence-corrected chi connectivity index (χ1v) is 12.3. The van der Waals surface area contributed by atoms with Gasteiger partial charge in [-0.25, -0.2) is 18.1 Å². The lowest BCUT2D eigenvalue weighted by molar-refractivity contribution is 0.0477. The molecular formula is C23H29N5O3S. The van der Waals surface area contributed by atoms with Crippen molar-refractivity contribution >= 4 is 15.7 Å². The number of piperidine rings is 1. The molecular weight excluding hydrogens is 426 g/mol. The van der Waals surface area contributed by atoms with Gasteiger partial charge in [0.25, 0.3) is 0 Å². The highest BCUT2D eigenvalue weighted by Crippen LogP contribution is 2.31. The Bertz CT molecular complexity index is 1150. The van der Waals surface area contributed by atoms with E-state index in [4.69, 9.17) is 0 Å². The lowest BCUT2D eigenvalue weighted by Gasteiger charge is -2.36. The third-order valence-electron chi connectivity index (χ3n) is 5.79. The SMILES string of the molecule is CC(C)S(=O)(=O)Nc1cccc([C@@H]2CCN(Cc3cnn(-c4ccccn4)c3)C[C@@H]2O)c1. The minimum absolute atomic E-state index is 0.0361. The standard InChI is InChI=1S/C23H29N5O3S/c1-17(2)32(30,31)26-20-7-5-6-19(12-20)21-9-11-27(16-22(21)29)14-18-13-25-28(15-18)23-8-3-4-10-24-23/h3-8,10,12-13,15,17,21-22,26,29H,9,11,14,16H2,1-2H3/t21-,22-/m0/s1. The number of sulfonamides is 1. The van der Waals surface area contributed by atoms with Crippen molar-refractivity contribution in [1.82, 2.24) is 19.7 Å². The largest absolute Gasteiger partial charge is 0.391 e. The normalized spacial score (nSPS) is 19.9. The average molecular weight is 456 g/mol. The number of hydrogen-bond acceptors (Lipinski definition) is 6. The van der Waals surface area contributed by atoms with Gasteiger partial charge >= 0.3 is 0 Å². The molecule has 1 aromatic carbocycles. The lowest BCUT2D eigenvalue weighted by Crippen LogP contribution is -2.42. The molecule has 0 spiro atoms. The Morgan fingerprint density at radius 3 is 2.78 bits per heavy atom. The number of rotatable bonds is 7. The Labute approximate surface area is 189 Å². The van der Waals surface area contributed by atoms with Crippen molar-refractivity contribution in [2.75, 3.05) is 17.8 Å². The van der Waals surface area contributed by atoms with Crippen molar-refractivity contribution < 1.29 is 13.5 Å². The molecule has 3 aromatic rings. The van der Waals surface area contributed by atoms with E-state index in [1.165, 1.54) is 0 Å². The van der Waals surface area contributed by atoms with E-state index in [9.17, 15) is 13.5 Å². The second kappa shape index (κ2) is 9.40. The zero-order valence-electron chi connectivity index (χ0n) is 18.3. The second-order valence-corrected chi connectivity index (χ2v) is 10.7. The van der Waals surface area contributed by atoms with Gasteiger partial charge in [0.15, 0.2) is 5.82 Å². The van der Waals surface area contributed by atoms with E-state index >= 15 is 0 Å². The average Bonchev–Trinajstić information content (AvgIpc) is 3.23. The summed E-state index contributed by atoms with van der Waals surface area (Å²) in [7, 11) is -3.41. The summed E-state index contributed by atoms with van der Waals surface area (Å²) in [5.74, 6) is 0.733. The molecule has 4 rings (SSSR count). The number of aromatic nitrogens is 3. The first-order valence-electron chi connectivity index (χ1n) is 10.8. The Morgan fingerprint density at radius 2 is 2.06 bits per heavy atom. The van der Waals surface area contributed by atoms with E-state index in [1.54, 1.807) is 30.8 Å². The minimum Gasteiger partial charge on any atom is -0.391 e. The van der Waals surface area contributed by atoms with Crippen LogP contribution in [0, 0.1) is 0 Å². The third kappa shape index (κ3) is 5.17. The summed E-state index contributed by atoms with van der Waals surface area (Å²) >= 11 is 0. The maximum absolute atomic E-state index is 12.2. The summed E-state index contributed by atoms with van der Waals surface area (Å²) in [4.78, 5) is 6.52. The summed E-state index contributed by atoms with van der Waals surface area (Å²) in [5.41, 5.74) is 2.54. The quantitative estimate of drug-likeness (QED) is 0.568. The summed E-state index contributed by atoms with van der Waals surface area (Å²) in [5, 5.41) is 14.7. The van der Waals surface area contributed by atoms with Crippen LogP contribution < -0.4 is 4.72 Å². The van der Waals surface area contributed by atoms with Crippen molar-refractivity contribution in [2.45, 2.75) is 44.1 Å². The molecule has 0 aliphatic carbocycles. The fourth-order valence-corrected chi connectivity index (χ4v) is 4.65. The van der Waals surface area contributed by atoms with Gasteiger partial charge in [-0.05, 0) is 56.6 Å². The topological polar surface area (TPSA) is 100 Å². The van der Waals surface area contributed by atoms with Crippen LogP contribution in [-0.2, 0) is 16.6 Å². The number of benzene rings is 1. The second-order valence-electron chi connectivity index (χ2n) is 8.50. The van der Waals surface area contributed by atoms with Crippen LogP contribution in [0.4, 0.5) is 5.69 Å². The number of aliphatic hydroxyl groups is 1. The summed E-state index contributed by atoms with van der Waals surface area (Å²) < 4.78 is 28.8. The highest BCUT2D eigenvalue weighted by atomic mass is 32.2. The van der Waals surface area contributed by atoms with Gasteiger partial charge in [-0.3, -0.25) is 9.62 Å². The first kappa shape index (κ1) is 22.4. The number of pyridine rings is 1. The van der Waals surface area contributed by atoms with Crippen LogP contribution in [-0.4, -0.2) is 57.6 Å². The van der Waals surface area contributed by atoms with Gasteiger partial charge in [0, 0.05) is 42.7 Å². The van der Waals surface area contributed by atoms with Crippen LogP contribution >= 0.6 is 0 Å². The molecule has 0 unspecified atom stereocenters. The maximum atomic E-state index is 12.2. The monoisotopic (exact) mass is 455 g/mol. The molecule has 170 valence electrons. The number of hydrogen-bond donors (Lipinski definition) is 2. The number of β-amino-alcohol motifs (C(OH)–C–C–N with tert-alkyl or cyclic N) is 1. The van der Waals surface area contributed by atoms with Crippen LogP contribution in [0.5, 0.6) is 0 Å². The summed E-state index contributed by atoms with van der Waals surface area (Å²) in [6.45, 7) is 5.36. The number of anilines is 1. The van der Waals surface area contributed by atoms with E-state index in [2.05, 4.69) is 19.7 Å². The Kier molecular flexibility index (Phi) is 6.59. The molecule has 1 fully saturated rings. The molecule has 1 saturated heterocycles. The van der Waals surface area contributed by atoms with Gasteiger partial charge in [0.2, 0.25) is 10.0 Å². The fraction of sp³-hybridized carbons (Fsp3) is 0.391. The minimum atomic E-state index is -3.41. The molecule has 8 nitrogen and oxygen atoms in total. The van der Waals surface area contributed by atoms with Gasteiger partial charge in [-0.1, -0.05) is 18.2 Å². The molecule has 0 bridgehead atoms. The zero-order chi connectivity index (χ0) is 22.7. The first-order chi connectivity index (χ1) is 15.3. The van der Waals surface area contributed by atoms with Crippen LogP contribution in [0.15, 0.2) is 61.1 Å². The number of likely N-dealkylation sites (tertiary alicyclic amines) is 1. The maximum Gasteiger partial charge on any atom is 0.235 e. The summed E-state index contributed by atoms with van der Waals surface area (Å²) in [6.07, 6.45) is 5.78. The Hall–Kier alpha value is -2.75. The predicted octanol–water partition coefficient (Wildman–Crippen LogP) is 2.77. The molecule has 0 radical (unpaired) electrons. The van der Waals surface area contributed by atoms with Crippen LogP contribution in [0.3, 0.4) is 0 Å². The Balaban J connectivity index is 1.39. The van der Waals surface area contributed by atoms with Crippen molar-refractivity contribution in [2.24, 2.45) is 0 Å². The van der Waals surface area contributed by atoms with E-state index in [0.29, 0.717) is 18.8 Å². The van der Waals surface area contributed by atoms with Gasteiger partial charge in [-0.15, -0.1) is 0 Å². The molecule has 0 saturated carbocycles. The predicted molar refractivity (Wildman–Crippen MR) is 124 cm³/mol. The van der Waals surface area contributed by atoms with Gasteiger partial charge in [0.05, 0.1) is 17.6 Å². The molecule has 0 amide bonds. The number of nitrogens with one attached hydrogen (secondary N) is 1. The highest BCUT2D eigenvalue weighted by Gasteiger charge is 2.29. The zero-order valence-corrected chi connectivity index (χ0v) is 19.1. The molecule has 1 aliphatic rings. The van der Waals surface area contributed by atoms with E-state index in [-0.39, 0.29) is 5.92 Å². The lowest BCUT2D eigenvalue weighted by atomic mass is 9.87. The fourth-order valence-electron chi connectivity index (χ4n) is 3.96. The molecule has 9 heteroatoms. The molecule has 2 aromatic heterocycles. The van der Waals surface area contributed by atoms with Gasteiger partial charge in [0.1, 0.15) is 0 Å². The Morgan fingerprint density at radius 1 is 1.22 bits per heavy atom. The van der Waals surface area contributed by atoms with E-state index in [0.717, 1.165) is 29.9 Å². The molecule has 32 heavy (non-hydrogen) atoms. The van der Waals surface area contributed by atoms with E-state index < -0.39 is 21.4 Å². The highest BCUT2D eigenvalue weighted by molar-refractivity contribution is 7.93. The third-order valence-corrected chi connectivity index (χ3v) is 7.55. The van der Waals surface area contributed by atoms with Crippen molar-refractivity contribution in [3.63, 3.8) is 0 Å². The molecule has 3 heterocycles. The van der Waals surface area contributed by atoms with Crippen LogP contribution in [0.25, 0.3) is 5.82 Å². The van der Waals surface area contributed by atoms with Gasteiger partial charge in [-0.2, -0.15) is 5.10 Å². The van der Waals surface area contributed by atoms with Crippen molar-refractivity contribution in [3.05, 3.63) is 72.2 Å². The van der Waals surface area contributed by atoms with Crippen LogP contribution in [0.1, 0.15) is 37.3 Å². The summed E-state index contributed by atoms with van der Waals surface area (Å²) in [6, 6.07) is 13.1. The molecule has 2 atom stereocenters. The van der Waals surface area contributed by atoms with Crippen molar-refractivity contribution in [1.29, 1.82) is 0 Å².